The van der Waals surface area contributed by atoms with Crippen molar-refractivity contribution in [3.63, 3.8) is 0 Å². The van der Waals surface area contributed by atoms with Crippen LogP contribution in [0.3, 0.4) is 0 Å². The van der Waals surface area contributed by atoms with E-state index in [1.807, 2.05) is 51.2 Å². The van der Waals surface area contributed by atoms with Crippen LogP contribution in [0.25, 0.3) is 11.0 Å². The highest BCUT2D eigenvalue weighted by molar-refractivity contribution is 5.74. The molecule has 0 unspecified atom stereocenters. The zero-order valence-corrected chi connectivity index (χ0v) is 19.1. The fourth-order valence-electron chi connectivity index (χ4n) is 2.58. The number of aliphatic carboxylic acids is 2. The third-order valence-electron chi connectivity index (χ3n) is 4.36. The summed E-state index contributed by atoms with van der Waals surface area (Å²) in [6.45, 7) is 5.18. The number of H-pyrrole nitrogens is 2. The minimum Gasteiger partial charge on any atom is -0.475 e. The number of fused-ring (bicyclic) bond motifs is 1. The molecular weight excluding hydrogens is 502 g/mol. The molecule has 1 aromatic carbocycles. The number of nitrogens with zero attached hydrogens (tertiary/aromatic N) is 2. The predicted octanol–water partition coefficient (Wildman–Crippen LogP) is 3.77. The minimum atomic E-state index is -5.08. The van der Waals surface area contributed by atoms with Gasteiger partial charge >= 0.3 is 24.3 Å². The molecule has 0 fully saturated rings. The number of imidazole rings is 1. The Morgan fingerprint density at radius 3 is 1.92 bits per heavy atom. The molecule has 198 valence electrons. The minimum absolute atomic E-state index is 0.0143. The van der Waals surface area contributed by atoms with Crippen LogP contribution in [0.15, 0.2) is 35.1 Å². The number of pyridine rings is 1. The van der Waals surface area contributed by atoms with E-state index in [0.29, 0.717) is 13.1 Å². The maximum Gasteiger partial charge on any atom is 0.490 e. The molecular formula is C21H22F6N4O5. The number of hydrogen-bond donors (Lipinski definition) is 4. The number of carbonyl (C=O) groups is 2. The first-order valence-electron chi connectivity index (χ1n) is 9.83. The molecule has 0 bridgehead atoms. The van der Waals surface area contributed by atoms with Gasteiger partial charge < -0.3 is 20.2 Å². The summed E-state index contributed by atoms with van der Waals surface area (Å²) < 4.78 is 63.5. The molecule has 0 radical (unpaired) electrons. The van der Waals surface area contributed by atoms with Gasteiger partial charge in [-0.3, -0.25) is 9.69 Å². The van der Waals surface area contributed by atoms with Gasteiger partial charge in [-0.15, -0.1) is 0 Å². The summed E-state index contributed by atoms with van der Waals surface area (Å²) >= 11 is 0. The molecule has 2 aromatic heterocycles. The van der Waals surface area contributed by atoms with Gasteiger partial charge in [0, 0.05) is 17.8 Å². The van der Waals surface area contributed by atoms with Gasteiger partial charge in [0.05, 0.1) is 17.6 Å². The molecule has 3 rings (SSSR count). The summed E-state index contributed by atoms with van der Waals surface area (Å²) in [4.78, 5) is 42.7. The Morgan fingerprint density at radius 2 is 1.44 bits per heavy atom. The second-order valence-electron chi connectivity index (χ2n) is 7.41. The smallest absolute Gasteiger partial charge is 0.475 e. The Labute approximate surface area is 199 Å². The van der Waals surface area contributed by atoms with Crippen LogP contribution >= 0.6 is 0 Å². The highest BCUT2D eigenvalue weighted by atomic mass is 19.4. The van der Waals surface area contributed by atoms with Crippen LogP contribution in [-0.2, 0) is 22.7 Å². The van der Waals surface area contributed by atoms with Gasteiger partial charge in [0.15, 0.2) is 0 Å². The Bertz CT molecular complexity index is 1190. The molecule has 0 aliphatic rings. The first-order chi connectivity index (χ1) is 16.4. The Morgan fingerprint density at radius 1 is 0.944 bits per heavy atom. The van der Waals surface area contributed by atoms with Crippen LogP contribution < -0.4 is 5.56 Å². The van der Waals surface area contributed by atoms with E-state index in [4.69, 9.17) is 19.8 Å². The van der Waals surface area contributed by atoms with Crippen molar-refractivity contribution in [3.8, 4) is 0 Å². The highest BCUT2D eigenvalue weighted by Crippen LogP contribution is 2.14. The number of benzene rings is 1. The summed E-state index contributed by atoms with van der Waals surface area (Å²) in [7, 11) is 1.99. The van der Waals surface area contributed by atoms with E-state index in [0.717, 1.165) is 33.7 Å². The van der Waals surface area contributed by atoms with Crippen molar-refractivity contribution in [1.82, 2.24) is 19.9 Å². The summed E-state index contributed by atoms with van der Waals surface area (Å²) in [5, 5.41) is 14.2. The fraction of sp³-hybridized carbons (Fsp3) is 0.333. The SMILES string of the molecule is Cc1cc(CN(C)Cc2nc3ccccc3[nH]2)c(=O)[nH]c1C.O=C(O)C(F)(F)F.O=C(O)C(F)(F)F. The fourth-order valence-corrected chi connectivity index (χ4v) is 2.58. The Balaban J connectivity index is 0.000000383. The molecule has 0 saturated carbocycles. The largest absolute Gasteiger partial charge is 0.490 e. The summed E-state index contributed by atoms with van der Waals surface area (Å²) in [5.41, 5.74) is 4.80. The number of carboxylic acids is 2. The summed E-state index contributed by atoms with van der Waals surface area (Å²) in [6, 6.07) is 9.93. The third-order valence-corrected chi connectivity index (χ3v) is 4.36. The molecule has 3 aromatic rings. The second kappa shape index (κ2) is 12.2. The van der Waals surface area contributed by atoms with E-state index in [1.165, 1.54) is 0 Å². The molecule has 9 nitrogen and oxygen atoms in total. The van der Waals surface area contributed by atoms with E-state index in [-0.39, 0.29) is 5.56 Å². The number of alkyl halides is 6. The topological polar surface area (TPSA) is 139 Å². The maximum atomic E-state index is 12.0. The number of aromatic nitrogens is 3. The van der Waals surface area contributed by atoms with Gasteiger partial charge in [-0.2, -0.15) is 26.3 Å². The van der Waals surface area contributed by atoms with Crippen molar-refractivity contribution < 1.29 is 46.1 Å². The van der Waals surface area contributed by atoms with E-state index >= 15 is 0 Å². The van der Waals surface area contributed by atoms with Gasteiger partial charge in [0.2, 0.25) is 0 Å². The van der Waals surface area contributed by atoms with E-state index < -0.39 is 24.3 Å². The summed E-state index contributed by atoms with van der Waals surface area (Å²) in [6.07, 6.45) is -10.2. The van der Waals surface area contributed by atoms with Gasteiger partial charge in [-0.1, -0.05) is 12.1 Å². The molecule has 0 atom stereocenters. The molecule has 4 N–H and O–H groups in total. The average molecular weight is 524 g/mol. The lowest BCUT2D eigenvalue weighted by Crippen LogP contribution is -2.24. The van der Waals surface area contributed by atoms with Crippen LogP contribution in [0.5, 0.6) is 0 Å². The van der Waals surface area contributed by atoms with E-state index in [1.54, 1.807) is 0 Å². The quantitative estimate of drug-likeness (QED) is 0.381. The van der Waals surface area contributed by atoms with Crippen LogP contribution in [-0.4, -0.2) is 61.4 Å². The molecule has 36 heavy (non-hydrogen) atoms. The van der Waals surface area contributed by atoms with Crippen molar-refractivity contribution in [3.05, 3.63) is 63.3 Å². The lowest BCUT2D eigenvalue weighted by atomic mass is 10.1. The number of aryl methyl sites for hydroxylation is 2. The zero-order chi connectivity index (χ0) is 27.8. The van der Waals surface area contributed by atoms with Gasteiger partial charge in [-0.05, 0) is 44.7 Å². The van der Waals surface area contributed by atoms with Gasteiger partial charge in [0.1, 0.15) is 5.82 Å². The first kappa shape index (κ1) is 30.2. The second-order valence-corrected chi connectivity index (χ2v) is 7.41. The lowest BCUT2D eigenvalue weighted by molar-refractivity contribution is -0.193. The number of para-hydroxylation sites is 2. The van der Waals surface area contributed by atoms with Crippen LogP contribution in [0.4, 0.5) is 26.3 Å². The summed E-state index contributed by atoms with van der Waals surface area (Å²) in [5.74, 6) is -4.61. The maximum absolute atomic E-state index is 12.0. The van der Waals surface area contributed by atoms with Crippen molar-refractivity contribution in [1.29, 1.82) is 0 Å². The number of aromatic amines is 2. The van der Waals surface area contributed by atoms with Crippen molar-refractivity contribution in [2.75, 3.05) is 7.05 Å². The zero-order valence-electron chi connectivity index (χ0n) is 19.1. The van der Waals surface area contributed by atoms with Crippen molar-refractivity contribution in [2.45, 2.75) is 39.3 Å². The molecule has 2 heterocycles. The van der Waals surface area contributed by atoms with Crippen LogP contribution in [0, 0.1) is 13.8 Å². The normalized spacial score (nSPS) is 11.4. The van der Waals surface area contributed by atoms with Crippen LogP contribution in [0.1, 0.15) is 22.6 Å². The number of rotatable bonds is 4. The number of nitrogens with one attached hydrogen (secondary N) is 2. The standard InChI is InChI=1S/C17H20N4O.2C2HF3O2/c1-11-8-13(17(22)18-12(11)2)9-21(3)10-16-19-14-6-4-5-7-15(14)20-16;2*3-2(4,5)1(6)7/h4-8H,9-10H2,1-3H3,(H,18,22)(H,19,20);2*(H,6,7). The van der Waals surface area contributed by atoms with Gasteiger partial charge in [-0.25, -0.2) is 14.6 Å². The number of halogens is 6. The third kappa shape index (κ3) is 9.77. The Hall–Kier alpha value is -3.88. The Kier molecular flexibility index (Phi) is 10.2. The number of hydrogen-bond acceptors (Lipinski definition) is 5. The monoisotopic (exact) mass is 524 g/mol. The average Bonchev–Trinajstić information content (AvgIpc) is 3.13. The van der Waals surface area contributed by atoms with Crippen molar-refractivity contribution in [2.24, 2.45) is 0 Å². The first-order valence-corrected chi connectivity index (χ1v) is 9.83. The highest BCUT2D eigenvalue weighted by Gasteiger charge is 2.38. The van der Waals surface area contributed by atoms with E-state index in [9.17, 15) is 31.1 Å². The molecule has 0 aliphatic carbocycles. The van der Waals surface area contributed by atoms with Gasteiger partial charge in [0.25, 0.3) is 5.56 Å². The molecule has 0 spiro atoms. The van der Waals surface area contributed by atoms with Crippen molar-refractivity contribution >= 4 is 23.0 Å². The van der Waals surface area contributed by atoms with Crippen LogP contribution in [0.2, 0.25) is 0 Å². The number of carboxylic acid groups (broad SMARTS) is 2. The predicted molar refractivity (Wildman–Crippen MR) is 115 cm³/mol. The molecule has 0 aliphatic heterocycles. The molecule has 0 saturated heterocycles. The molecule has 0 amide bonds. The molecule has 15 heteroatoms. The van der Waals surface area contributed by atoms with E-state index in [2.05, 4.69) is 19.9 Å². The lowest BCUT2D eigenvalue weighted by Gasteiger charge is -2.15.